The summed E-state index contributed by atoms with van der Waals surface area (Å²) in [6.45, 7) is 0. The van der Waals surface area contributed by atoms with Gasteiger partial charge in [0.15, 0.2) is 0 Å². The number of hydrogen-bond donors (Lipinski definition) is 0. The van der Waals surface area contributed by atoms with Crippen LogP contribution in [0.2, 0.25) is 0 Å². The van der Waals surface area contributed by atoms with Crippen LogP contribution < -0.4 is 4.74 Å². The molecule has 0 aliphatic rings. The van der Waals surface area contributed by atoms with Crippen LogP contribution in [0.4, 0.5) is 0 Å². The first-order chi connectivity index (χ1) is 6.86. The molecule has 0 bridgehead atoms. The number of fused-ring (bicyclic) bond motifs is 1. The van der Waals surface area contributed by atoms with Gasteiger partial charge in [-0.15, -0.1) is 11.3 Å². The van der Waals surface area contributed by atoms with Crippen LogP contribution in [-0.4, -0.2) is 7.11 Å². The lowest BCUT2D eigenvalue weighted by Crippen LogP contribution is -1.90. The van der Waals surface area contributed by atoms with Crippen LogP contribution in [0.25, 0.3) is 10.1 Å². The second-order valence-corrected chi connectivity index (χ2v) is 3.87. The summed E-state index contributed by atoms with van der Waals surface area (Å²) in [5, 5.41) is 11.8. The summed E-state index contributed by atoms with van der Waals surface area (Å²) in [5.41, 5.74) is 0.959. The Hall–Kier alpha value is -1.53. The Kier molecular flexibility index (Phi) is 2.38. The fourth-order valence-electron chi connectivity index (χ4n) is 1.53. The van der Waals surface area contributed by atoms with Gasteiger partial charge < -0.3 is 4.74 Å². The van der Waals surface area contributed by atoms with Gasteiger partial charge in [-0.1, -0.05) is 6.07 Å². The van der Waals surface area contributed by atoms with E-state index in [0.717, 1.165) is 16.7 Å². The van der Waals surface area contributed by atoms with E-state index >= 15 is 0 Å². The van der Waals surface area contributed by atoms with Gasteiger partial charge in [0, 0.05) is 15.6 Å². The average Bonchev–Trinajstić information content (AvgIpc) is 2.66. The first-order valence-electron chi connectivity index (χ1n) is 4.27. The fraction of sp³-hybridized carbons (Fsp3) is 0.182. The maximum atomic E-state index is 8.66. The molecule has 1 aromatic carbocycles. The van der Waals surface area contributed by atoms with Gasteiger partial charge in [-0.3, -0.25) is 0 Å². The van der Waals surface area contributed by atoms with Crippen molar-refractivity contribution in [3.8, 4) is 11.8 Å². The molecule has 0 spiro atoms. The summed E-state index contributed by atoms with van der Waals surface area (Å²) in [6, 6.07) is 8.16. The topological polar surface area (TPSA) is 33.0 Å². The minimum absolute atomic E-state index is 0.398. The van der Waals surface area contributed by atoms with Crippen molar-refractivity contribution < 1.29 is 4.74 Å². The van der Waals surface area contributed by atoms with Gasteiger partial charge in [0.25, 0.3) is 0 Å². The number of hydrogen-bond acceptors (Lipinski definition) is 3. The molecule has 2 rings (SSSR count). The molecule has 3 heteroatoms. The molecule has 1 heterocycles. The molecule has 0 aliphatic carbocycles. The molecular formula is C11H9NOS. The van der Waals surface area contributed by atoms with Crippen molar-refractivity contribution in [3.63, 3.8) is 0 Å². The summed E-state index contributed by atoms with van der Waals surface area (Å²) in [6.07, 6.45) is 0.398. The normalized spacial score (nSPS) is 10.0. The number of nitrogens with zero attached hydrogens (tertiary/aromatic N) is 1. The standard InChI is InChI=1S/C11H9NOS/c1-13-11-8(4-6-12)2-3-10-9(11)5-7-14-10/h2-3,5,7H,4H2,1H3. The minimum Gasteiger partial charge on any atom is -0.496 e. The summed E-state index contributed by atoms with van der Waals surface area (Å²) < 4.78 is 6.52. The van der Waals surface area contributed by atoms with E-state index in [2.05, 4.69) is 6.07 Å². The molecule has 0 saturated heterocycles. The molecule has 0 atom stereocenters. The van der Waals surface area contributed by atoms with Gasteiger partial charge in [-0.25, -0.2) is 0 Å². The predicted octanol–water partition coefficient (Wildman–Crippen LogP) is 2.98. The molecule has 0 unspecified atom stereocenters. The van der Waals surface area contributed by atoms with Gasteiger partial charge in [-0.2, -0.15) is 5.26 Å². The van der Waals surface area contributed by atoms with E-state index in [9.17, 15) is 0 Å². The van der Waals surface area contributed by atoms with Gasteiger partial charge in [0.2, 0.25) is 0 Å². The number of thiophene rings is 1. The molecule has 1 aromatic heterocycles. The first-order valence-corrected chi connectivity index (χ1v) is 5.15. The van der Waals surface area contributed by atoms with E-state index in [1.165, 1.54) is 4.70 Å². The van der Waals surface area contributed by atoms with Crippen molar-refractivity contribution in [2.75, 3.05) is 7.11 Å². The zero-order valence-electron chi connectivity index (χ0n) is 7.78. The lowest BCUT2D eigenvalue weighted by Gasteiger charge is -2.06. The molecular weight excluding hydrogens is 194 g/mol. The van der Waals surface area contributed by atoms with Crippen LogP contribution in [0.1, 0.15) is 5.56 Å². The Labute approximate surface area is 86.4 Å². The van der Waals surface area contributed by atoms with Crippen LogP contribution in [0.15, 0.2) is 23.6 Å². The SMILES string of the molecule is COc1c(CC#N)ccc2sccc12. The molecule has 2 aromatic rings. The van der Waals surface area contributed by atoms with Crippen LogP contribution in [0.3, 0.4) is 0 Å². The van der Waals surface area contributed by atoms with Gasteiger partial charge >= 0.3 is 0 Å². The maximum Gasteiger partial charge on any atom is 0.131 e. The van der Waals surface area contributed by atoms with Crippen molar-refractivity contribution in [2.24, 2.45) is 0 Å². The number of ether oxygens (including phenoxy) is 1. The van der Waals surface area contributed by atoms with Crippen LogP contribution >= 0.6 is 11.3 Å². The predicted molar refractivity (Wildman–Crippen MR) is 57.7 cm³/mol. The smallest absolute Gasteiger partial charge is 0.131 e. The van der Waals surface area contributed by atoms with Crippen molar-refractivity contribution in [3.05, 3.63) is 29.1 Å². The van der Waals surface area contributed by atoms with E-state index in [4.69, 9.17) is 10.00 Å². The van der Waals surface area contributed by atoms with E-state index in [0.29, 0.717) is 6.42 Å². The van der Waals surface area contributed by atoms with Gasteiger partial charge in [0.05, 0.1) is 19.6 Å². The van der Waals surface area contributed by atoms with E-state index < -0.39 is 0 Å². The summed E-state index contributed by atoms with van der Waals surface area (Å²) >= 11 is 1.68. The van der Waals surface area contributed by atoms with Gasteiger partial charge in [0.1, 0.15) is 5.75 Å². The number of benzene rings is 1. The zero-order valence-corrected chi connectivity index (χ0v) is 8.60. The Balaban J connectivity index is 2.67. The number of nitriles is 1. The fourth-order valence-corrected chi connectivity index (χ4v) is 2.31. The lowest BCUT2D eigenvalue weighted by atomic mass is 10.1. The average molecular weight is 203 g/mol. The maximum absolute atomic E-state index is 8.66. The largest absolute Gasteiger partial charge is 0.496 e. The quantitative estimate of drug-likeness (QED) is 0.751. The summed E-state index contributed by atoms with van der Waals surface area (Å²) in [7, 11) is 1.65. The third-order valence-electron chi connectivity index (χ3n) is 2.14. The van der Waals surface area contributed by atoms with E-state index in [1.54, 1.807) is 18.4 Å². The van der Waals surface area contributed by atoms with E-state index in [1.807, 2.05) is 23.6 Å². The lowest BCUT2D eigenvalue weighted by molar-refractivity contribution is 0.416. The third kappa shape index (κ3) is 1.34. The molecule has 0 aliphatic heterocycles. The van der Waals surface area contributed by atoms with Crippen molar-refractivity contribution in [1.82, 2.24) is 0 Å². The van der Waals surface area contributed by atoms with Crippen molar-refractivity contribution in [2.45, 2.75) is 6.42 Å². The highest BCUT2D eigenvalue weighted by atomic mass is 32.1. The monoisotopic (exact) mass is 203 g/mol. The second kappa shape index (κ2) is 3.69. The number of rotatable bonds is 2. The van der Waals surface area contributed by atoms with Crippen molar-refractivity contribution >= 4 is 21.4 Å². The third-order valence-corrected chi connectivity index (χ3v) is 3.02. The molecule has 0 fully saturated rings. The molecule has 0 N–H and O–H groups in total. The van der Waals surface area contributed by atoms with Crippen LogP contribution in [-0.2, 0) is 6.42 Å². The highest BCUT2D eigenvalue weighted by Crippen LogP contribution is 2.33. The minimum atomic E-state index is 0.398. The van der Waals surface area contributed by atoms with Gasteiger partial charge in [-0.05, 0) is 17.5 Å². The summed E-state index contributed by atoms with van der Waals surface area (Å²) in [4.78, 5) is 0. The first kappa shape index (κ1) is 9.04. The Morgan fingerprint density at radius 1 is 1.43 bits per heavy atom. The molecule has 0 amide bonds. The molecule has 70 valence electrons. The molecule has 2 nitrogen and oxygen atoms in total. The van der Waals surface area contributed by atoms with E-state index in [-0.39, 0.29) is 0 Å². The zero-order chi connectivity index (χ0) is 9.97. The summed E-state index contributed by atoms with van der Waals surface area (Å²) in [5.74, 6) is 0.838. The highest BCUT2D eigenvalue weighted by molar-refractivity contribution is 7.17. The Bertz CT molecular complexity index is 495. The highest BCUT2D eigenvalue weighted by Gasteiger charge is 2.07. The molecule has 0 radical (unpaired) electrons. The molecule has 0 saturated carbocycles. The van der Waals surface area contributed by atoms with Crippen LogP contribution in [0, 0.1) is 11.3 Å². The number of methoxy groups -OCH3 is 1. The second-order valence-electron chi connectivity index (χ2n) is 2.93. The Morgan fingerprint density at radius 2 is 2.29 bits per heavy atom. The van der Waals surface area contributed by atoms with Crippen LogP contribution in [0.5, 0.6) is 5.75 Å². The van der Waals surface area contributed by atoms with Crippen molar-refractivity contribution in [1.29, 1.82) is 5.26 Å². The molecule has 14 heavy (non-hydrogen) atoms. The Morgan fingerprint density at radius 3 is 3.00 bits per heavy atom.